The number of aromatic nitrogens is 7. The first-order valence-corrected chi connectivity index (χ1v) is 14.1. The van der Waals surface area contributed by atoms with Crippen LogP contribution >= 0.6 is 0 Å². The second-order valence-corrected chi connectivity index (χ2v) is 10.9. The number of aryl methyl sites for hydroxylation is 1. The van der Waals surface area contributed by atoms with Crippen LogP contribution in [0.5, 0.6) is 0 Å². The summed E-state index contributed by atoms with van der Waals surface area (Å²) >= 11 is 0. The van der Waals surface area contributed by atoms with Crippen molar-refractivity contribution in [1.29, 1.82) is 0 Å². The van der Waals surface area contributed by atoms with Crippen LogP contribution in [-0.4, -0.2) is 34.7 Å². The summed E-state index contributed by atoms with van der Waals surface area (Å²) in [5, 5.41) is 14.6. The van der Waals surface area contributed by atoms with Crippen LogP contribution in [0, 0.1) is 11.8 Å². The van der Waals surface area contributed by atoms with Gasteiger partial charge < -0.3 is 0 Å². The number of hydrogen-bond acceptors (Lipinski definition) is 5. The number of nitrogens with zero attached hydrogens (tertiary/aromatic N) is 6. The molecule has 38 heavy (non-hydrogen) atoms. The summed E-state index contributed by atoms with van der Waals surface area (Å²) in [5.41, 5.74) is 5.17. The van der Waals surface area contributed by atoms with Gasteiger partial charge in [0.2, 0.25) is 0 Å². The standard InChI is InChI=1S/C30H39N7O/c1-4-5-13-24-20-37(28-21(2)11-7-6-8-12-22(28)3)30(38)36(24)19-23-18-31-17-16-25(23)26-14-9-10-15-27(26)29-32-34-35-33-29/h9-10,14-18,20-22,28H,4-8,11-13,19H2,1-3H3,(H,32,33,34,35). The second-order valence-electron chi connectivity index (χ2n) is 10.9. The molecule has 3 heterocycles. The van der Waals surface area contributed by atoms with E-state index in [1.165, 1.54) is 32.1 Å². The van der Waals surface area contributed by atoms with Crippen molar-refractivity contribution in [2.24, 2.45) is 11.8 Å². The predicted molar refractivity (Wildman–Crippen MR) is 150 cm³/mol. The van der Waals surface area contributed by atoms with Crippen LogP contribution in [-0.2, 0) is 13.0 Å². The van der Waals surface area contributed by atoms with Crippen LogP contribution in [0.15, 0.2) is 53.7 Å². The van der Waals surface area contributed by atoms with Crippen molar-refractivity contribution in [2.75, 3.05) is 0 Å². The number of benzene rings is 1. The minimum atomic E-state index is 0.0999. The number of tetrazole rings is 1. The monoisotopic (exact) mass is 513 g/mol. The average molecular weight is 514 g/mol. The van der Waals surface area contributed by atoms with Crippen LogP contribution < -0.4 is 5.69 Å². The molecule has 0 aliphatic heterocycles. The fourth-order valence-electron chi connectivity index (χ4n) is 6.23. The molecule has 2 unspecified atom stereocenters. The zero-order valence-corrected chi connectivity index (χ0v) is 22.8. The van der Waals surface area contributed by atoms with Gasteiger partial charge >= 0.3 is 5.69 Å². The molecule has 4 aromatic rings. The molecule has 0 amide bonds. The molecule has 0 bridgehead atoms. The van der Waals surface area contributed by atoms with E-state index in [1.54, 1.807) is 6.20 Å². The maximum atomic E-state index is 14.1. The summed E-state index contributed by atoms with van der Waals surface area (Å²) in [4.78, 5) is 18.6. The normalized spacial score (nSPS) is 20.2. The third kappa shape index (κ3) is 5.35. The van der Waals surface area contributed by atoms with E-state index in [-0.39, 0.29) is 11.7 Å². The van der Waals surface area contributed by atoms with Crippen molar-refractivity contribution in [1.82, 2.24) is 34.7 Å². The van der Waals surface area contributed by atoms with Gasteiger partial charge in [0, 0.05) is 35.9 Å². The van der Waals surface area contributed by atoms with Gasteiger partial charge in [0.25, 0.3) is 0 Å². The Hall–Kier alpha value is -3.55. The van der Waals surface area contributed by atoms with E-state index >= 15 is 0 Å². The molecule has 1 aliphatic rings. The van der Waals surface area contributed by atoms with Gasteiger partial charge in [-0.1, -0.05) is 70.7 Å². The largest absolute Gasteiger partial charge is 0.328 e. The van der Waals surface area contributed by atoms with Gasteiger partial charge in [-0.3, -0.25) is 14.1 Å². The van der Waals surface area contributed by atoms with Crippen molar-refractivity contribution < 1.29 is 0 Å². The van der Waals surface area contributed by atoms with E-state index in [9.17, 15) is 4.79 Å². The molecule has 1 aromatic carbocycles. The van der Waals surface area contributed by atoms with Crippen LogP contribution in [0.2, 0.25) is 0 Å². The Balaban J connectivity index is 1.57. The Morgan fingerprint density at radius 3 is 2.47 bits per heavy atom. The van der Waals surface area contributed by atoms with E-state index in [0.29, 0.717) is 24.2 Å². The lowest BCUT2D eigenvalue weighted by Gasteiger charge is -2.32. The minimum absolute atomic E-state index is 0.0999. The fraction of sp³-hybridized carbons (Fsp3) is 0.500. The Bertz CT molecular complexity index is 1380. The summed E-state index contributed by atoms with van der Waals surface area (Å²) in [6, 6.07) is 10.3. The van der Waals surface area contributed by atoms with Gasteiger partial charge in [0.15, 0.2) is 5.82 Å². The number of H-pyrrole nitrogens is 1. The summed E-state index contributed by atoms with van der Waals surface area (Å²) in [5.74, 6) is 1.58. The summed E-state index contributed by atoms with van der Waals surface area (Å²) in [6.45, 7) is 7.34. The number of imidazole rings is 1. The SMILES string of the molecule is CCCCc1cn(C2C(C)CCCCCC2C)c(=O)n1Cc1cnccc1-c1ccccc1-c1nnn[nH]1. The topological polar surface area (TPSA) is 94.3 Å². The highest BCUT2D eigenvalue weighted by molar-refractivity contribution is 5.81. The van der Waals surface area contributed by atoms with E-state index in [1.807, 2.05) is 35.0 Å². The van der Waals surface area contributed by atoms with Gasteiger partial charge in [0.05, 0.1) is 6.54 Å². The average Bonchev–Trinajstić information content (AvgIpc) is 3.56. The molecule has 1 N–H and O–H groups in total. The number of nitrogens with one attached hydrogen (secondary N) is 1. The van der Waals surface area contributed by atoms with Crippen LogP contribution in [0.25, 0.3) is 22.5 Å². The lowest BCUT2D eigenvalue weighted by molar-refractivity contribution is 0.205. The Labute approximate surface area is 224 Å². The predicted octanol–water partition coefficient (Wildman–Crippen LogP) is 6.06. The van der Waals surface area contributed by atoms with Crippen LogP contribution in [0.4, 0.5) is 0 Å². The summed E-state index contributed by atoms with van der Waals surface area (Å²) in [6.07, 6.45) is 15.1. The first kappa shape index (κ1) is 26.1. The number of pyridine rings is 1. The van der Waals surface area contributed by atoms with Gasteiger partial charge in [-0.25, -0.2) is 9.89 Å². The Morgan fingerprint density at radius 1 is 1.00 bits per heavy atom. The van der Waals surface area contributed by atoms with Crippen LogP contribution in [0.1, 0.15) is 83.0 Å². The number of unbranched alkanes of at least 4 members (excludes halogenated alkanes) is 1. The molecule has 8 heteroatoms. The molecular formula is C30H39N7O. The second kappa shape index (κ2) is 11.9. The molecule has 0 radical (unpaired) electrons. The number of rotatable bonds is 8. The van der Waals surface area contributed by atoms with Gasteiger partial charge in [0.1, 0.15) is 0 Å². The molecule has 0 spiro atoms. The van der Waals surface area contributed by atoms with Crippen molar-refractivity contribution in [3.8, 4) is 22.5 Å². The first-order valence-electron chi connectivity index (χ1n) is 14.1. The fourth-order valence-corrected chi connectivity index (χ4v) is 6.23. The third-order valence-electron chi connectivity index (χ3n) is 8.23. The van der Waals surface area contributed by atoms with Crippen molar-refractivity contribution >= 4 is 0 Å². The summed E-state index contributed by atoms with van der Waals surface area (Å²) < 4.78 is 4.07. The smallest absolute Gasteiger partial charge is 0.295 e. The molecule has 1 fully saturated rings. The Morgan fingerprint density at radius 2 is 1.76 bits per heavy atom. The van der Waals surface area contributed by atoms with E-state index in [4.69, 9.17) is 0 Å². The van der Waals surface area contributed by atoms with E-state index < -0.39 is 0 Å². The van der Waals surface area contributed by atoms with Crippen LogP contribution in [0.3, 0.4) is 0 Å². The van der Waals surface area contributed by atoms with Crippen molar-refractivity contribution in [3.05, 3.63) is 70.7 Å². The lowest BCUT2D eigenvalue weighted by Crippen LogP contribution is -2.34. The lowest BCUT2D eigenvalue weighted by atomic mass is 9.81. The zero-order valence-electron chi connectivity index (χ0n) is 22.8. The van der Waals surface area contributed by atoms with Crippen molar-refractivity contribution in [2.45, 2.75) is 84.7 Å². The van der Waals surface area contributed by atoms with Gasteiger partial charge in [-0.05, 0) is 70.7 Å². The van der Waals surface area contributed by atoms with E-state index in [2.05, 4.69) is 63.2 Å². The maximum Gasteiger partial charge on any atom is 0.328 e. The van der Waals surface area contributed by atoms with Gasteiger partial charge in [-0.15, -0.1) is 5.10 Å². The molecule has 200 valence electrons. The number of aromatic amines is 1. The minimum Gasteiger partial charge on any atom is -0.295 e. The molecule has 2 atom stereocenters. The van der Waals surface area contributed by atoms with Crippen molar-refractivity contribution in [3.63, 3.8) is 0 Å². The Kier molecular flexibility index (Phi) is 8.15. The maximum absolute atomic E-state index is 14.1. The summed E-state index contributed by atoms with van der Waals surface area (Å²) in [7, 11) is 0. The first-order chi connectivity index (χ1) is 18.6. The quantitative estimate of drug-likeness (QED) is 0.309. The molecule has 1 saturated carbocycles. The molecule has 1 aliphatic carbocycles. The highest BCUT2D eigenvalue weighted by Crippen LogP contribution is 2.36. The van der Waals surface area contributed by atoms with Gasteiger partial charge in [-0.2, -0.15) is 0 Å². The molecular weight excluding hydrogens is 474 g/mol. The highest BCUT2D eigenvalue weighted by Gasteiger charge is 2.29. The molecule has 0 saturated heterocycles. The van der Waals surface area contributed by atoms with E-state index in [0.717, 1.165) is 47.2 Å². The zero-order chi connectivity index (χ0) is 26.5. The number of hydrogen-bond donors (Lipinski definition) is 1. The molecule has 3 aromatic heterocycles. The third-order valence-corrected chi connectivity index (χ3v) is 8.23. The highest BCUT2D eigenvalue weighted by atomic mass is 16.1. The molecule has 5 rings (SSSR count). The molecule has 8 nitrogen and oxygen atoms in total.